The largest absolute Gasteiger partial charge is 0.497 e. The number of hydrogen-bond donors (Lipinski definition) is 1. The molecule has 0 unspecified atom stereocenters. The monoisotopic (exact) mass is 301 g/mol. The fourth-order valence-electron chi connectivity index (χ4n) is 1.81. The van der Waals surface area contributed by atoms with Crippen molar-refractivity contribution in [1.29, 1.82) is 0 Å². The van der Waals surface area contributed by atoms with Gasteiger partial charge in [-0.25, -0.2) is 5.48 Å². The Hall–Kier alpha value is -2.53. The van der Waals surface area contributed by atoms with Gasteiger partial charge in [0, 0.05) is 0 Å². The van der Waals surface area contributed by atoms with Crippen molar-refractivity contribution in [3.8, 4) is 11.5 Å². The van der Waals surface area contributed by atoms with E-state index in [1.165, 1.54) is 0 Å². The Morgan fingerprint density at radius 2 is 1.68 bits per heavy atom. The first-order valence-electron chi connectivity index (χ1n) is 6.99. The van der Waals surface area contributed by atoms with Gasteiger partial charge in [-0.1, -0.05) is 30.3 Å². The highest BCUT2D eigenvalue weighted by atomic mass is 16.7. The van der Waals surface area contributed by atoms with Crippen molar-refractivity contribution in [2.45, 2.75) is 6.42 Å². The molecular weight excluding hydrogens is 282 g/mol. The molecule has 0 saturated carbocycles. The minimum Gasteiger partial charge on any atom is -0.497 e. The molecule has 0 saturated heterocycles. The Morgan fingerprint density at radius 1 is 0.955 bits per heavy atom. The highest BCUT2D eigenvalue weighted by Gasteiger charge is 2.03. The molecule has 2 aromatic rings. The molecule has 2 aromatic carbocycles. The van der Waals surface area contributed by atoms with Crippen LogP contribution in [0.5, 0.6) is 11.5 Å². The van der Waals surface area contributed by atoms with Crippen molar-refractivity contribution in [3.05, 3.63) is 60.2 Å². The summed E-state index contributed by atoms with van der Waals surface area (Å²) < 4.78 is 10.5. The summed E-state index contributed by atoms with van der Waals surface area (Å²) in [6.07, 6.45) is 0.254. The van der Waals surface area contributed by atoms with Gasteiger partial charge >= 0.3 is 0 Å². The summed E-state index contributed by atoms with van der Waals surface area (Å²) in [5, 5.41) is 0. The molecule has 1 N–H and O–H groups in total. The predicted molar refractivity (Wildman–Crippen MR) is 82.7 cm³/mol. The maximum Gasteiger partial charge on any atom is 0.247 e. The van der Waals surface area contributed by atoms with Crippen LogP contribution in [-0.4, -0.2) is 26.2 Å². The second-order valence-electron chi connectivity index (χ2n) is 4.56. The average Bonchev–Trinajstić information content (AvgIpc) is 2.56. The third kappa shape index (κ3) is 5.46. The molecule has 1 amide bonds. The molecule has 0 bridgehead atoms. The van der Waals surface area contributed by atoms with E-state index in [4.69, 9.17) is 14.3 Å². The molecule has 0 atom stereocenters. The maximum absolute atomic E-state index is 11.7. The van der Waals surface area contributed by atoms with Crippen molar-refractivity contribution in [2.75, 3.05) is 20.3 Å². The molecule has 0 heterocycles. The van der Waals surface area contributed by atoms with Crippen molar-refractivity contribution in [1.82, 2.24) is 5.48 Å². The van der Waals surface area contributed by atoms with Crippen LogP contribution in [0.3, 0.4) is 0 Å². The van der Waals surface area contributed by atoms with Gasteiger partial charge in [-0.2, -0.15) is 0 Å². The second kappa shape index (κ2) is 8.69. The second-order valence-corrected chi connectivity index (χ2v) is 4.56. The lowest BCUT2D eigenvalue weighted by Gasteiger charge is -2.08. The van der Waals surface area contributed by atoms with Crippen LogP contribution in [0.2, 0.25) is 0 Å². The van der Waals surface area contributed by atoms with Crippen molar-refractivity contribution < 1.29 is 19.1 Å². The first-order chi connectivity index (χ1) is 10.8. The zero-order valence-electron chi connectivity index (χ0n) is 12.5. The summed E-state index contributed by atoms with van der Waals surface area (Å²) >= 11 is 0. The minimum absolute atomic E-state index is 0.204. The van der Waals surface area contributed by atoms with Crippen LogP contribution in [0, 0.1) is 0 Å². The van der Waals surface area contributed by atoms with Crippen LogP contribution in [-0.2, 0) is 16.1 Å². The van der Waals surface area contributed by atoms with E-state index in [9.17, 15) is 4.79 Å². The van der Waals surface area contributed by atoms with E-state index < -0.39 is 0 Å². The van der Waals surface area contributed by atoms with E-state index in [0.29, 0.717) is 6.61 Å². The number of methoxy groups -OCH3 is 1. The van der Waals surface area contributed by atoms with Crippen LogP contribution < -0.4 is 15.0 Å². The lowest BCUT2D eigenvalue weighted by molar-refractivity contribution is -0.133. The van der Waals surface area contributed by atoms with Gasteiger partial charge in [0.1, 0.15) is 24.7 Å². The maximum atomic E-state index is 11.7. The quantitative estimate of drug-likeness (QED) is 0.601. The molecule has 116 valence electrons. The molecular formula is C17H19NO4. The first-order valence-corrected chi connectivity index (χ1v) is 6.99. The van der Waals surface area contributed by atoms with E-state index >= 15 is 0 Å². The van der Waals surface area contributed by atoms with E-state index in [-0.39, 0.29) is 18.9 Å². The number of rotatable bonds is 8. The average molecular weight is 301 g/mol. The van der Waals surface area contributed by atoms with Gasteiger partial charge in [0.25, 0.3) is 0 Å². The molecule has 0 aliphatic carbocycles. The lowest BCUT2D eigenvalue weighted by atomic mass is 10.1. The molecule has 0 radical (unpaired) electrons. The summed E-state index contributed by atoms with van der Waals surface area (Å²) in [6.45, 7) is 0.649. The van der Waals surface area contributed by atoms with E-state index in [1.54, 1.807) is 7.11 Å². The Bertz CT molecular complexity index is 569. The standard InChI is InChI=1S/C17H19NO4/c1-20-15-9-7-14(8-10-15)13-17(19)18-22-12-11-21-16-5-3-2-4-6-16/h2-10H,11-13H2,1H3,(H,18,19). The molecule has 2 rings (SSSR count). The molecule has 22 heavy (non-hydrogen) atoms. The Balaban J connectivity index is 1.61. The Labute approximate surface area is 129 Å². The minimum atomic E-state index is -0.204. The molecule has 0 fully saturated rings. The van der Waals surface area contributed by atoms with Crippen molar-refractivity contribution in [3.63, 3.8) is 0 Å². The zero-order valence-corrected chi connectivity index (χ0v) is 12.5. The van der Waals surface area contributed by atoms with Gasteiger partial charge in [-0.05, 0) is 29.8 Å². The van der Waals surface area contributed by atoms with Gasteiger partial charge < -0.3 is 9.47 Å². The van der Waals surface area contributed by atoms with Crippen LogP contribution in [0.1, 0.15) is 5.56 Å². The molecule has 0 spiro atoms. The topological polar surface area (TPSA) is 56.8 Å². The highest BCUT2D eigenvalue weighted by molar-refractivity contribution is 5.77. The summed E-state index contributed by atoms with van der Waals surface area (Å²) in [5.41, 5.74) is 3.29. The highest BCUT2D eigenvalue weighted by Crippen LogP contribution is 2.11. The number of amides is 1. The third-order valence-corrected chi connectivity index (χ3v) is 2.91. The molecule has 0 aromatic heterocycles. The van der Waals surface area contributed by atoms with Crippen LogP contribution in [0.25, 0.3) is 0 Å². The van der Waals surface area contributed by atoms with Crippen LogP contribution in [0.15, 0.2) is 54.6 Å². The van der Waals surface area contributed by atoms with Gasteiger partial charge in [-0.3, -0.25) is 9.63 Å². The molecule has 0 aliphatic heterocycles. The SMILES string of the molecule is COc1ccc(CC(=O)NOCCOc2ccccc2)cc1. The number of carbonyl (C=O) groups excluding carboxylic acids is 1. The van der Waals surface area contributed by atoms with E-state index in [2.05, 4.69) is 5.48 Å². The number of nitrogens with one attached hydrogen (secondary N) is 1. The number of hydrogen-bond acceptors (Lipinski definition) is 4. The summed E-state index contributed by atoms with van der Waals surface area (Å²) in [7, 11) is 1.60. The zero-order chi connectivity index (χ0) is 15.6. The molecule has 5 nitrogen and oxygen atoms in total. The third-order valence-electron chi connectivity index (χ3n) is 2.91. The number of ether oxygens (including phenoxy) is 2. The normalized spacial score (nSPS) is 10.0. The van der Waals surface area contributed by atoms with E-state index in [0.717, 1.165) is 17.1 Å². The van der Waals surface area contributed by atoms with Gasteiger partial charge in [0.05, 0.1) is 13.5 Å². The Kier molecular flexibility index (Phi) is 6.26. The summed E-state index contributed by atoms with van der Waals surface area (Å²) in [6, 6.07) is 16.8. The molecule has 5 heteroatoms. The number of hydroxylamine groups is 1. The van der Waals surface area contributed by atoms with Gasteiger partial charge in [-0.15, -0.1) is 0 Å². The smallest absolute Gasteiger partial charge is 0.247 e. The van der Waals surface area contributed by atoms with Crippen LogP contribution >= 0.6 is 0 Å². The predicted octanol–water partition coefficient (Wildman–Crippen LogP) is 2.36. The van der Waals surface area contributed by atoms with E-state index in [1.807, 2.05) is 54.6 Å². The van der Waals surface area contributed by atoms with Gasteiger partial charge in [0.2, 0.25) is 5.91 Å². The summed E-state index contributed by atoms with van der Waals surface area (Å²) in [5.74, 6) is 1.33. The van der Waals surface area contributed by atoms with Crippen molar-refractivity contribution >= 4 is 5.91 Å². The number of carbonyl (C=O) groups is 1. The first kappa shape index (κ1) is 15.9. The van der Waals surface area contributed by atoms with Crippen LogP contribution in [0.4, 0.5) is 0 Å². The Morgan fingerprint density at radius 3 is 2.36 bits per heavy atom. The number of para-hydroxylation sites is 1. The fourth-order valence-corrected chi connectivity index (χ4v) is 1.81. The van der Waals surface area contributed by atoms with Crippen molar-refractivity contribution in [2.24, 2.45) is 0 Å². The summed E-state index contributed by atoms with van der Waals surface area (Å²) in [4.78, 5) is 16.8. The molecule has 0 aliphatic rings. The number of benzene rings is 2. The fraction of sp³-hybridized carbons (Fsp3) is 0.235. The lowest BCUT2D eigenvalue weighted by Crippen LogP contribution is -2.27. The van der Waals surface area contributed by atoms with Gasteiger partial charge in [0.15, 0.2) is 0 Å².